The lowest BCUT2D eigenvalue weighted by Crippen LogP contribution is -2.03. The molecule has 0 saturated carbocycles. The molecular formula is C25H31NO2S. The molecule has 0 bridgehead atoms. The summed E-state index contributed by atoms with van der Waals surface area (Å²) in [7, 11) is 0. The Morgan fingerprint density at radius 3 is 2.41 bits per heavy atom. The van der Waals surface area contributed by atoms with Gasteiger partial charge in [0.05, 0.1) is 18.9 Å². The summed E-state index contributed by atoms with van der Waals surface area (Å²) >= 11 is 1.74. The van der Waals surface area contributed by atoms with Crippen LogP contribution in [0.5, 0.6) is 11.5 Å². The summed E-state index contributed by atoms with van der Waals surface area (Å²) in [4.78, 5) is 6.10. The maximum atomic E-state index is 6.00. The van der Waals surface area contributed by atoms with E-state index in [1.54, 1.807) is 11.3 Å². The zero-order valence-corrected chi connectivity index (χ0v) is 18.8. The van der Waals surface area contributed by atoms with Gasteiger partial charge in [-0.1, -0.05) is 19.9 Å². The van der Waals surface area contributed by atoms with E-state index in [1.807, 2.05) is 32.9 Å². The van der Waals surface area contributed by atoms with Crippen molar-refractivity contribution in [2.75, 3.05) is 13.2 Å². The van der Waals surface area contributed by atoms with Crippen molar-refractivity contribution in [3.8, 4) is 22.1 Å². The van der Waals surface area contributed by atoms with Crippen molar-refractivity contribution < 1.29 is 9.47 Å². The lowest BCUT2D eigenvalue weighted by Gasteiger charge is -2.07. The summed E-state index contributed by atoms with van der Waals surface area (Å²) in [5.41, 5.74) is 5.20. The fraction of sp³-hybridized carbons (Fsp3) is 0.400. The number of nitrogens with zero attached hydrogens (tertiary/aromatic N) is 1. The molecule has 154 valence electrons. The standard InChI is InChI=1S/C23H25NO2S.C2H6/c1-3-25-20-10-8-18(9-11-20)23-24-22(16(2)27-23)13-14-26-21-12-7-17-5-4-6-19(17)15-21;1-2/h7-12,15H,3-6,13-14H2,1-2H3;1-2H3. The quantitative estimate of drug-likeness (QED) is 0.437. The van der Waals surface area contributed by atoms with Crippen molar-refractivity contribution in [2.24, 2.45) is 0 Å². The average Bonchev–Trinajstić information content (AvgIpc) is 3.37. The van der Waals surface area contributed by atoms with Crippen molar-refractivity contribution in [3.63, 3.8) is 0 Å². The second-order valence-corrected chi connectivity index (χ2v) is 8.07. The van der Waals surface area contributed by atoms with E-state index in [0.29, 0.717) is 13.2 Å². The Labute approximate surface area is 178 Å². The number of thiazole rings is 1. The van der Waals surface area contributed by atoms with Crippen LogP contribution in [0.2, 0.25) is 0 Å². The minimum absolute atomic E-state index is 0.659. The Hall–Kier alpha value is -2.33. The Morgan fingerprint density at radius 1 is 0.931 bits per heavy atom. The number of hydrogen-bond donors (Lipinski definition) is 0. The van der Waals surface area contributed by atoms with E-state index in [4.69, 9.17) is 14.5 Å². The van der Waals surface area contributed by atoms with Crippen LogP contribution in [0.1, 0.15) is 48.9 Å². The van der Waals surface area contributed by atoms with Gasteiger partial charge in [0.2, 0.25) is 0 Å². The maximum Gasteiger partial charge on any atom is 0.123 e. The first-order valence-corrected chi connectivity index (χ1v) is 11.5. The fourth-order valence-electron chi connectivity index (χ4n) is 3.55. The van der Waals surface area contributed by atoms with Gasteiger partial charge in [0.15, 0.2) is 0 Å². The second-order valence-electron chi connectivity index (χ2n) is 6.86. The lowest BCUT2D eigenvalue weighted by atomic mass is 10.1. The number of aryl methyl sites for hydroxylation is 3. The molecule has 0 N–H and O–H groups in total. The zero-order valence-electron chi connectivity index (χ0n) is 18.0. The molecule has 4 rings (SSSR count). The summed E-state index contributed by atoms with van der Waals surface area (Å²) in [6.45, 7) is 9.48. The highest BCUT2D eigenvalue weighted by Gasteiger charge is 2.12. The molecule has 1 heterocycles. The maximum absolute atomic E-state index is 6.00. The van der Waals surface area contributed by atoms with Crippen LogP contribution in [-0.2, 0) is 19.3 Å². The van der Waals surface area contributed by atoms with Crippen molar-refractivity contribution >= 4 is 11.3 Å². The van der Waals surface area contributed by atoms with E-state index < -0.39 is 0 Å². The molecule has 4 heteroatoms. The van der Waals surface area contributed by atoms with Crippen molar-refractivity contribution in [3.05, 3.63) is 64.2 Å². The van der Waals surface area contributed by atoms with Crippen LogP contribution in [0.25, 0.3) is 10.6 Å². The molecule has 0 amide bonds. The molecule has 1 aliphatic carbocycles. The normalized spacial score (nSPS) is 12.1. The smallest absolute Gasteiger partial charge is 0.123 e. The summed E-state index contributed by atoms with van der Waals surface area (Å²) in [6, 6.07) is 14.7. The molecule has 0 fully saturated rings. The number of rotatable bonds is 7. The Morgan fingerprint density at radius 2 is 1.66 bits per heavy atom. The molecule has 1 aliphatic rings. The van der Waals surface area contributed by atoms with E-state index >= 15 is 0 Å². The van der Waals surface area contributed by atoms with Gasteiger partial charge < -0.3 is 9.47 Å². The molecule has 3 nitrogen and oxygen atoms in total. The SMILES string of the molecule is CC.CCOc1ccc(-c2nc(CCOc3ccc4c(c3)CCC4)c(C)s2)cc1. The van der Waals surface area contributed by atoms with Gasteiger partial charge in [-0.2, -0.15) is 0 Å². The van der Waals surface area contributed by atoms with Crippen LogP contribution in [0.4, 0.5) is 0 Å². The van der Waals surface area contributed by atoms with E-state index in [9.17, 15) is 0 Å². The Bertz CT molecular complexity index is 915. The van der Waals surface area contributed by atoms with Gasteiger partial charge in [-0.05, 0) is 80.6 Å². The predicted molar refractivity (Wildman–Crippen MR) is 122 cm³/mol. The number of aromatic nitrogens is 1. The topological polar surface area (TPSA) is 31.4 Å². The highest BCUT2D eigenvalue weighted by Crippen LogP contribution is 2.30. The summed E-state index contributed by atoms with van der Waals surface area (Å²) < 4.78 is 11.5. The summed E-state index contributed by atoms with van der Waals surface area (Å²) in [5.74, 6) is 1.88. The lowest BCUT2D eigenvalue weighted by molar-refractivity contribution is 0.320. The molecule has 0 saturated heterocycles. The minimum Gasteiger partial charge on any atom is -0.494 e. The first-order valence-electron chi connectivity index (χ1n) is 10.7. The molecular weight excluding hydrogens is 378 g/mol. The molecule has 0 atom stereocenters. The van der Waals surface area contributed by atoms with Crippen LogP contribution < -0.4 is 9.47 Å². The van der Waals surface area contributed by atoms with Crippen molar-refractivity contribution in [1.82, 2.24) is 4.98 Å². The molecule has 0 spiro atoms. The highest BCUT2D eigenvalue weighted by molar-refractivity contribution is 7.15. The molecule has 1 aromatic heterocycles. The number of ether oxygens (including phenoxy) is 2. The van der Waals surface area contributed by atoms with Crippen LogP contribution in [0.3, 0.4) is 0 Å². The van der Waals surface area contributed by atoms with E-state index in [-0.39, 0.29) is 0 Å². The largest absolute Gasteiger partial charge is 0.494 e. The minimum atomic E-state index is 0.659. The monoisotopic (exact) mass is 409 g/mol. The second kappa shape index (κ2) is 10.4. The van der Waals surface area contributed by atoms with E-state index in [0.717, 1.165) is 34.2 Å². The molecule has 0 aliphatic heterocycles. The van der Waals surface area contributed by atoms with Gasteiger partial charge in [0.1, 0.15) is 16.5 Å². The van der Waals surface area contributed by atoms with Crippen molar-refractivity contribution in [2.45, 2.75) is 53.4 Å². The molecule has 0 unspecified atom stereocenters. The average molecular weight is 410 g/mol. The third-order valence-corrected chi connectivity index (χ3v) is 6.04. The molecule has 2 aromatic carbocycles. The van der Waals surface area contributed by atoms with E-state index in [2.05, 4.69) is 37.3 Å². The Kier molecular flexibility index (Phi) is 7.70. The third-order valence-electron chi connectivity index (χ3n) is 4.98. The third kappa shape index (κ3) is 5.39. The molecule has 0 radical (unpaired) electrons. The first-order chi connectivity index (χ1) is 14.2. The van der Waals surface area contributed by atoms with Crippen LogP contribution in [0.15, 0.2) is 42.5 Å². The summed E-state index contributed by atoms with van der Waals surface area (Å²) in [6.07, 6.45) is 4.49. The fourth-order valence-corrected chi connectivity index (χ4v) is 4.51. The van der Waals surface area contributed by atoms with Gasteiger partial charge in [-0.15, -0.1) is 11.3 Å². The van der Waals surface area contributed by atoms with Gasteiger partial charge in [0, 0.05) is 16.9 Å². The van der Waals surface area contributed by atoms with Crippen molar-refractivity contribution in [1.29, 1.82) is 0 Å². The Balaban J connectivity index is 0.00000117. The predicted octanol–water partition coefficient (Wildman–Crippen LogP) is 6.65. The van der Waals surface area contributed by atoms with Crippen LogP contribution in [-0.4, -0.2) is 18.2 Å². The number of benzene rings is 2. The molecule has 29 heavy (non-hydrogen) atoms. The summed E-state index contributed by atoms with van der Waals surface area (Å²) in [5, 5.41) is 1.06. The van der Waals surface area contributed by atoms with Crippen LogP contribution in [0, 0.1) is 6.92 Å². The van der Waals surface area contributed by atoms with E-state index in [1.165, 1.54) is 35.3 Å². The number of fused-ring (bicyclic) bond motifs is 1. The van der Waals surface area contributed by atoms with Gasteiger partial charge in [-0.3, -0.25) is 0 Å². The number of hydrogen-bond acceptors (Lipinski definition) is 4. The highest BCUT2D eigenvalue weighted by atomic mass is 32.1. The van der Waals surface area contributed by atoms with Crippen LogP contribution >= 0.6 is 11.3 Å². The van der Waals surface area contributed by atoms with Gasteiger partial charge in [0.25, 0.3) is 0 Å². The van der Waals surface area contributed by atoms with Gasteiger partial charge >= 0.3 is 0 Å². The van der Waals surface area contributed by atoms with Gasteiger partial charge in [-0.25, -0.2) is 4.98 Å². The first kappa shape index (κ1) is 21.4. The zero-order chi connectivity index (χ0) is 20.6. The molecule has 3 aromatic rings.